The Labute approximate surface area is 166 Å². The number of hydrogen-bond donors (Lipinski definition) is 3. The number of nitrogens with one attached hydrogen (secondary N) is 1. The summed E-state index contributed by atoms with van der Waals surface area (Å²) in [5.41, 5.74) is 1.31. The van der Waals surface area contributed by atoms with E-state index in [9.17, 15) is 19.2 Å². The van der Waals surface area contributed by atoms with E-state index in [2.05, 4.69) is 12.2 Å². The molecular formula is C20H23NO8. The average molecular weight is 405 g/mol. The van der Waals surface area contributed by atoms with Gasteiger partial charge >= 0.3 is 17.6 Å². The van der Waals surface area contributed by atoms with Crippen molar-refractivity contribution in [3.63, 3.8) is 0 Å². The second-order valence-electron chi connectivity index (χ2n) is 6.60. The lowest BCUT2D eigenvalue weighted by Crippen LogP contribution is -2.44. The van der Waals surface area contributed by atoms with Crippen molar-refractivity contribution in [2.45, 2.75) is 45.6 Å². The molecule has 1 amide bonds. The SMILES string of the molecule is CCCCc1cc(=O)oc2c(C)c(OCC(=O)N[C@@H](CC(=O)O)C(=O)O)ccc12. The zero-order valence-electron chi connectivity index (χ0n) is 16.2. The van der Waals surface area contributed by atoms with Crippen LogP contribution in [0.5, 0.6) is 5.75 Å². The number of rotatable bonds is 10. The normalized spacial score (nSPS) is 11.8. The van der Waals surface area contributed by atoms with E-state index in [1.54, 1.807) is 19.1 Å². The predicted octanol–water partition coefficient (Wildman–Crippen LogP) is 1.87. The molecule has 1 heterocycles. The summed E-state index contributed by atoms with van der Waals surface area (Å²) in [6.45, 7) is 3.23. The van der Waals surface area contributed by atoms with E-state index in [0.717, 1.165) is 30.2 Å². The number of ether oxygens (including phenoxy) is 1. The quantitative estimate of drug-likeness (QED) is 0.508. The molecule has 9 nitrogen and oxygen atoms in total. The van der Waals surface area contributed by atoms with Crippen LogP contribution in [0.3, 0.4) is 0 Å². The number of benzene rings is 1. The molecular weight excluding hydrogens is 382 g/mol. The van der Waals surface area contributed by atoms with E-state index < -0.39 is 42.5 Å². The summed E-state index contributed by atoms with van der Waals surface area (Å²) in [4.78, 5) is 45.5. The van der Waals surface area contributed by atoms with Crippen molar-refractivity contribution in [2.24, 2.45) is 0 Å². The van der Waals surface area contributed by atoms with Crippen LogP contribution in [-0.2, 0) is 20.8 Å². The van der Waals surface area contributed by atoms with Crippen LogP contribution in [-0.4, -0.2) is 40.7 Å². The molecule has 0 saturated heterocycles. The van der Waals surface area contributed by atoms with E-state index in [1.807, 2.05) is 0 Å². The highest BCUT2D eigenvalue weighted by molar-refractivity contribution is 5.88. The van der Waals surface area contributed by atoms with Gasteiger partial charge in [0.2, 0.25) is 0 Å². The minimum atomic E-state index is -1.56. The number of amides is 1. The van der Waals surface area contributed by atoms with Gasteiger partial charge in [0.25, 0.3) is 5.91 Å². The summed E-state index contributed by atoms with van der Waals surface area (Å²) in [5, 5.41) is 20.6. The molecule has 0 radical (unpaired) electrons. The van der Waals surface area contributed by atoms with Crippen molar-refractivity contribution >= 4 is 28.8 Å². The van der Waals surface area contributed by atoms with E-state index in [-0.39, 0.29) is 0 Å². The number of unbranched alkanes of at least 4 members (excludes halogenated alkanes) is 1. The van der Waals surface area contributed by atoms with E-state index in [1.165, 1.54) is 6.07 Å². The van der Waals surface area contributed by atoms with Crippen LogP contribution in [0.15, 0.2) is 27.4 Å². The van der Waals surface area contributed by atoms with Crippen molar-refractivity contribution in [2.75, 3.05) is 6.61 Å². The van der Waals surface area contributed by atoms with Crippen molar-refractivity contribution in [1.29, 1.82) is 0 Å². The maximum absolute atomic E-state index is 11.9. The topological polar surface area (TPSA) is 143 Å². The molecule has 0 bridgehead atoms. The maximum atomic E-state index is 11.9. The molecule has 29 heavy (non-hydrogen) atoms. The summed E-state index contributed by atoms with van der Waals surface area (Å²) < 4.78 is 10.8. The number of aliphatic carboxylic acids is 2. The second-order valence-corrected chi connectivity index (χ2v) is 6.60. The first-order valence-corrected chi connectivity index (χ1v) is 9.16. The predicted molar refractivity (Wildman–Crippen MR) is 103 cm³/mol. The van der Waals surface area contributed by atoms with Gasteiger partial charge in [0.15, 0.2) is 6.61 Å². The van der Waals surface area contributed by atoms with Crippen LogP contribution >= 0.6 is 0 Å². The Morgan fingerprint density at radius 3 is 2.59 bits per heavy atom. The molecule has 2 aromatic rings. The molecule has 1 atom stereocenters. The third kappa shape index (κ3) is 5.81. The summed E-state index contributed by atoms with van der Waals surface area (Å²) in [6.07, 6.45) is 1.90. The number of fused-ring (bicyclic) bond motifs is 1. The molecule has 1 aromatic heterocycles. The van der Waals surface area contributed by atoms with Gasteiger partial charge in [-0.1, -0.05) is 13.3 Å². The van der Waals surface area contributed by atoms with Crippen molar-refractivity contribution in [1.82, 2.24) is 5.32 Å². The largest absolute Gasteiger partial charge is 0.483 e. The highest BCUT2D eigenvalue weighted by Crippen LogP contribution is 2.29. The number of carboxylic acids is 2. The molecule has 0 unspecified atom stereocenters. The summed E-state index contributed by atoms with van der Waals surface area (Å²) >= 11 is 0. The van der Waals surface area contributed by atoms with Crippen LogP contribution < -0.4 is 15.7 Å². The lowest BCUT2D eigenvalue weighted by molar-refractivity contribution is -0.147. The molecule has 0 spiro atoms. The molecule has 1 aromatic carbocycles. The van der Waals surface area contributed by atoms with Gasteiger partial charge in [0, 0.05) is 17.0 Å². The Bertz CT molecular complexity index is 978. The van der Waals surface area contributed by atoms with Crippen LogP contribution in [0.25, 0.3) is 11.0 Å². The second kappa shape index (κ2) is 9.72. The Morgan fingerprint density at radius 1 is 1.24 bits per heavy atom. The van der Waals surface area contributed by atoms with Crippen molar-refractivity contribution in [3.8, 4) is 5.75 Å². The molecule has 0 aliphatic carbocycles. The fourth-order valence-electron chi connectivity index (χ4n) is 2.89. The summed E-state index contributed by atoms with van der Waals surface area (Å²) in [7, 11) is 0. The lowest BCUT2D eigenvalue weighted by atomic mass is 10.0. The Balaban J connectivity index is 2.17. The first kappa shape index (κ1) is 21.9. The van der Waals surface area contributed by atoms with Crippen molar-refractivity contribution in [3.05, 3.63) is 39.7 Å². The van der Waals surface area contributed by atoms with E-state index in [0.29, 0.717) is 16.9 Å². The standard InChI is InChI=1S/C20H23NO8/c1-3-4-5-12-8-18(25)29-19-11(2)15(7-6-13(12)19)28-10-16(22)21-14(20(26)27)9-17(23)24/h6-8,14H,3-5,9-10H2,1-2H3,(H,21,22)(H,23,24)(H,26,27)/t14-/m0/s1. The first-order valence-electron chi connectivity index (χ1n) is 9.16. The van der Waals surface area contributed by atoms with Gasteiger partial charge in [-0.3, -0.25) is 9.59 Å². The van der Waals surface area contributed by atoms with Gasteiger partial charge in [-0.25, -0.2) is 9.59 Å². The lowest BCUT2D eigenvalue weighted by Gasteiger charge is -2.14. The third-order valence-corrected chi connectivity index (χ3v) is 4.37. The highest BCUT2D eigenvalue weighted by atomic mass is 16.5. The van der Waals surface area contributed by atoms with E-state index >= 15 is 0 Å². The van der Waals surface area contributed by atoms with Gasteiger partial charge in [-0.15, -0.1) is 0 Å². The zero-order chi connectivity index (χ0) is 21.6. The molecule has 0 saturated carbocycles. The number of carbonyl (C=O) groups excluding carboxylic acids is 1. The maximum Gasteiger partial charge on any atom is 0.336 e. The molecule has 9 heteroatoms. The Kier molecular flexibility index (Phi) is 7.35. The monoisotopic (exact) mass is 405 g/mol. The van der Waals surface area contributed by atoms with Crippen LogP contribution in [0, 0.1) is 6.92 Å². The summed E-state index contributed by atoms with van der Waals surface area (Å²) in [5.74, 6) is -3.29. The van der Waals surface area contributed by atoms with Gasteiger partial charge in [0.1, 0.15) is 17.4 Å². The number of aryl methyl sites for hydroxylation is 2. The third-order valence-electron chi connectivity index (χ3n) is 4.37. The zero-order valence-corrected chi connectivity index (χ0v) is 16.2. The highest BCUT2D eigenvalue weighted by Gasteiger charge is 2.23. The molecule has 3 N–H and O–H groups in total. The van der Waals surface area contributed by atoms with Gasteiger partial charge < -0.3 is 24.7 Å². The van der Waals surface area contributed by atoms with Crippen LogP contribution in [0.2, 0.25) is 0 Å². The Morgan fingerprint density at radius 2 is 1.97 bits per heavy atom. The minimum Gasteiger partial charge on any atom is -0.483 e. The first-order chi connectivity index (χ1) is 13.7. The molecule has 0 fully saturated rings. The number of carboxylic acid groups (broad SMARTS) is 2. The molecule has 2 rings (SSSR count). The van der Waals surface area contributed by atoms with E-state index in [4.69, 9.17) is 19.4 Å². The van der Waals surface area contributed by atoms with Gasteiger partial charge in [-0.2, -0.15) is 0 Å². The smallest absolute Gasteiger partial charge is 0.336 e. The van der Waals surface area contributed by atoms with Crippen LogP contribution in [0.1, 0.15) is 37.3 Å². The van der Waals surface area contributed by atoms with Crippen molar-refractivity contribution < 1.29 is 33.8 Å². The fourth-order valence-corrected chi connectivity index (χ4v) is 2.89. The fraction of sp³-hybridized carbons (Fsp3) is 0.400. The molecule has 0 aliphatic rings. The van der Waals surface area contributed by atoms with Gasteiger partial charge in [0.05, 0.1) is 6.42 Å². The number of carbonyl (C=O) groups is 3. The average Bonchev–Trinajstić information content (AvgIpc) is 2.65. The summed E-state index contributed by atoms with van der Waals surface area (Å²) in [6, 6.07) is 3.31. The Hall–Kier alpha value is -3.36. The minimum absolute atomic E-state index is 0.300. The van der Waals surface area contributed by atoms with Gasteiger partial charge in [-0.05, 0) is 37.5 Å². The molecule has 156 valence electrons. The number of hydrogen-bond acceptors (Lipinski definition) is 6. The molecule has 0 aliphatic heterocycles. The van der Waals surface area contributed by atoms with Crippen LogP contribution in [0.4, 0.5) is 0 Å².